The lowest BCUT2D eigenvalue weighted by Crippen LogP contribution is -2.15. The number of rotatable bonds is 4. The Morgan fingerprint density at radius 3 is 2.61 bits per heavy atom. The first-order chi connectivity index (χ1) is 11.1. The van der Waals surface area contributed by atoms with E-state index in [0.717, 1.165) is 9.86 Å². The van der Waals surface area contributed by atoms with Crippen LogP contribution >= 0.6 is 15.9 Å². The second kappa shape index (κ2) is 6.68. The van der Waals surface area contributed by atoms with Crippen molar-refractivity contribution >= 4 is 43.8 Å². The van der Waals surface area contributed by atoms with Gasteiger partial charge in [-0.25, -0.2) is 13.0 Å². The van der Waals surface area contributed by atoms with Crippen LogP contribution in [0.4, 0.5) is 0 Å². The van der Waals surface area contributed by atoms with Gasteiger partial charge < -0.3 is 4.74 Å². The second-order valence-electron chi connectivity index (χ2n) is 4.81. The molecule has 0 aliphatic heterocycles. The highest BCUT2D eigenvalue weighted by Crippen LogP contribution is 2.27. The third-order valence-corrected chi connectivity index (χ3v) is 5.21. The van der Waals surface area contributed by atoms with Crippen LogP contribution in [0.25, 0.3) is 10.9 Å². The molecule has 0 fully saturated rings. The third kappa shape index (κ3) is 3.09. The standard InChI is InChI=1S/C17H14BrNO3S/c1-2-22-17(20)16-10-12-8-9-13(18)11-15(12)19(16)23(21)14-6-4-3-5-7-14/h3-11H,2H2,1H3. The van der Waals surface area contributed by atoms with Gasteiger partial charge in [-0.05, 0) is 37.3 Å². The van der Waals surface area contributed by atoms with E-state index in [9.17, 15) is 9.00 Å². The first-order valence-electron chi connectivity index (χ1n) is 7.07. The number of carbonyl (C=O) groups excluding carboxylic acids is 1. The summed E-state index contributed by atoms with van der Waals surface area (Å²) < 4.78 is 20.5. The van der Waals surface area contributed by atoms with E-state index >= 15 is 0 Å². The number of hydrogen-bond donors (Lipinski definition) is 0. The molecule has 2 aromatic carbocycles. The van der Waals surface area contributed by atoms with E-state index in [1.807, 2.05) is 36.4 Å². The topological polar surface area (TPSA) is 48.3 Å². The second-order valence-corrected chi connectivity index (χ2v) is 7.06. The number of hydrogen-bond acceptors (Lipinski definition) is 3. The van der Waals surface area contributed by atoms with E-state index in [1.165, 1.54) is 3.97 Å². The zero-order valence-electron chi connectivity index (χ0n) is 12.4. The molecule has 0 amide bonds. The lowest BCUT2D eigenvalue weighted by atomic mass is 10.2. The largest absolute Gasteiger partial charge is 0.461 e. The Balaban J connectivity index is 2.23. The van der Waals surface area contributed by atoms with Crippen LogP contribution in [0.15, 0.2) is 64.0 Å². The summed E-state index contributed by atoms with van der Waals surface area (Å²) in [6.07, 6.45) is 0. The molecule has 6 heteroatoms. The number of fused-ring (bicyclic) bond motifs is 1. The first kappa shape index (κ1) is 16.0. The van der Waals surface area contributed by atoms with Crippen LogP contribution in [0.5, 0.6) is 0 Å². The van der Waals surface area contributed by atoms with Crippen molar-refractivity contribution in [1.82, 2.24) is 3.97 Å². The fourth-order valence-electron chi connectivity index (χ4n) is 2.32. The zero-order valence-corrected chi connectivity index (χ0v) is 14.8. The molecule has 0 bridgehead atoms. The van der Waals surface area contributed by atoms with E-state index in [-0.39, 0.29) is 12.3 Å². The Hall–Kier alpha value is -1.92. The summed E-state index contributed by atoms with van der Waals surface area (Å²) in [6.45, 7) is 2.01. The summed E-state index contributed by atoms with van der Waals surface area (Å²) in [5.41, 5.74) is 0.992. The van der Waals surface area contributed by atoms with Crippen molar-refractivity contribution in [1.29, 1.82) is 0 Å². The summed E-state index contributed by atoms with van der Waals surface area (Å²) in [7, 11) is -1.54. The minimum absolute atomic E-state index is 0.266. The maximum absolute atomic E-state index is 13.0. The lowest BCUT2D eigenvalue weighted by Gasteiger charge is -2.09. The number of carbonyl (C=O) groups is 1. The van der Waals surface area contributed by atoms with Crippen molar-refractivity contribution in [3.8, 4) is 0 Å². The molecule has 0 saturated heterocycles. The van der Waals surface area contributed by atoms with Gasteiger partial charge >= 0.3 is 5.97 Å². The monoisotopic (exact) mass is 391 g/mol. The van der Waals surface area contributed by atoms with Gasteiger partial charge in [-0.2, -0.15) is 0 Å². The fourth-order valence-corrected chi connectivity index (χ4v) is 3.91. The molecule has 1 atom stereocenters. The molecule has 23 heavy (non-hydrogen) atoms. The highest BCUT2D eigenvalue weighted by molar-refractivity contribution is 9.10. The smallest absolute Gasteiger partial charge is 0.355 e. The maximum atomic E-state index is 13.0. The Kier molecular flexibility index (Phi) is 4.63. The van der Waals surface area contributed by atoms with Gasteiger partial charge in [0.25, 0.3) is 0 Å². The Bertz CT molecular complexity index is 889. The average Bonchev–Trinajstić information content (AvgIpc) is 2.94. The molecule has 0 aliphatic rings. The van der Waals surface area contributed by atoms with Crippen LogP contribution in [0.3, 0.4) is 0 Å². The molecule has 1 heterocycles. The Morgan fingerprint density at radius 1 is 1.17 bits per heavy atom. The van der Waals surface area contributed by atoms with Gasteiger partial charge in [0.15, 0.2) is 11.0 Å². The highest BCUT2D eigenvalue weighted by atomic mass is 79.9. The van der Waals surface area contributed by atoms with Crippen molar-refractivity contribution in [3.05, 3.63) is 64.8 Å². The predicted molar refractivity (Wildman–Crippen MR) is 93.8 cm³/mol. The number of aromatic nitrogens is 1. The summed E-state index contributed by atoms with van der Waals surface area (Å²) in [5, 5.41) is 0.834. The van der Waals surface area contributed by atoms with Crippen molar-refractivity contribution in [3.63, 3.8) is 0 Å². The van der Waals surface area contributed by atoms with Gasteiger partial charge in [0.1, 0.15) is 5.69 Å². The molecule has 118 valence electrons. The molecular weight excluding hydrogens is 378 g/mol. The van der Waals surface area contributed by atoms with Gasteiger partial charge in [0.2, 0.25) is 0 Å². The van der Waals surface area contributed by atoms with Crippen LogP contribution in [0.2, 0.25) is 0 Å². The van der Waals surface area contributed by atoms with E-state index in [1.54, 1.807) is 25.1 Å². The average molecular weight is 392 g/mol. The number of esters is 1. The Labute approximate surface area is 144 Å². The molecule has 0 saturated carbocycles. The number of halogens is 1. The number of nitrogens with zero attached hydrogens (tertiary/aromatic N) is 1. The van der Waals surface area contributed by atoms with E-state index in [2.05, 4.69) is 15.9 Å². The molecule has 3 rings (SSSR count). The minimum atomic E-state index is -1.54. The lowest BCUT2D eigenvalue weighted by molar-refractivity contribution is 0.0519. The predicted octanol–water partition coefficient (Wildman–Crippen LogP) is 4.15. The SMILES string of the molecule is CCOC(=O)c1cc2ccc(Br)cc2n1S(=O)c1ccccc1. The normalized spacial score (nSPS) is 12.3. The van der Waals surface area contributed by atoms with Gasteiger partial charge in [0.05, 0.1) is 17.0 Å². The van der Waals surface area contributed by atoms with E-state index in [4.69, 9.17) is 4.74 Å². The van der Waals surface area contributed by atoms with Crippen molar-refractivity contribution in [2.45, 2.75) is 11.8 Å². The molecule has 0 aliphatic carbocycles. The first-order valence-corrected chi connectivity index (χ1v) is 8.97. The molecule has 3 aromatic rings. The zero-order chi connectivity index (χ0) is 16.4. The molecule has 4 nitrogen and oxygen atoms in total. The van der Waals surface area contributed by atoms with Crippen LogP contribution in [0.1, 0.15) is 17.4 Å². The van der Waals surface area contributed by atoms with Gasteiger partial charge in [-0.15, -0.1) is 0 Å². The van der Waals surface area contributed by atoms with Gasteiger partial charge in [0, 0.05) is 9.86 Å². The fraction of sp³-hybridized carbons (Fsp3) is 0.118. The van der Waals surface area contributed by atoms with Crippen LogP contribution in [-0.2, 0) is 15.7 Å². The van der Waals surface area contributed by atoms with E-state index < -0.39 is 17.0 Å². The summed E-state index contributed by atoms with van der Waals surface area (Å²) in [5.74, 6) is -0.482. The molecule has 1 unspecified atom stereocenters. The highest BCUT2D eigenvalue weighted by Gasteiger charge is 2.21. The number of ether oxygens (including phenoxy) is 1. The van der Waals surface area contributed by atoms with Crippen LogP contribution in [-0.4, -0.2) is 20.8 Å². The van der Waals surface area contributed by atoms with Crippen LogP contribution in [0, 0.1) is 0 Å². The van der Waals surface area contributed by atoms with E-state index in [0.29, 0.717) is 10.4 Å². The van der Waals surface area contributed by atoms with Crippen molar-refractivity contribution in [2.24, 2.45) is 0 Å². The molecule has 0 spiro atoms. The molecule has 0 radical (unpaired) electrons. The molecule has 1 aromatic heterocycles. The quantitative estimate of drug-likeness (QED) is 0.627. The molecular formula is C17H14BrNO3S. The van der Waals surface area contributed by atoms with Gasteiger partial charge in [-0.1, -0.05) is 40.2 Å². The Morgan fingerprint density at radius 2 is 1.91 bits per heavy atom. The van der Waals surface area contributed by atoms with Crippen LogP contribution < -0.4 is 0 Å². The van der Waals surface area contributed by atoms with Crippen molar-refractivity contribution < 1.29 is 13.7 Å². The summed E-state index contributed by atoms with van der Waals surface area (Å²) in [6, 6.07) is 16.4. The van der Waals surface area contributed by atoms with Crippen molar-refractivity contribution in [2.75, 3.05) is 6.61 Å². The molecule has 0 N–H and O–H groups in total. The minimum Gasteiger partial charge on any atom is -0.461 e. The summed E-state index contributed by atoms with van der Waals surface area (Å²) >= 11 is 3.42. The maximum Gasteiger partial charge on any atom is 0.355 e. The number of benzene rings is 2. The van der Waals surface area contributed by atoms with Gasteiger partial charge in [-0.3, -0.25) is 0 Å². The summed E-state index contributed by atoms with van der Waals surface area (Å²) in [4.78, 5) is 12.9. The third-order valence-electron chi connectivity index (χ3n) is 3.32.